The van der Waals surface area contributed by atoms with E-state index >= 15 is 0 Å². The molecule has 0 aliphatic rings. The predicted molar refractivity (Wildman–Crippen MR) is 84.7 cm³/mol. The first-order valence-corrected chi connectivity index (χ1v) is 8.64. The van der Waals surface area contributed by atoms with Crippen molar-refractivity contribution < 1.29 is 8.42 Å². The zero-order chi connectivity index (χ0) is 14.8. The summed E-state index contributed by atoms with van der Waals surface area (Å²) in [5.41, 5.74) is 1.14. The highest BCUT2D eigenvalue weighted by atomic mass is 32.2. The summed E-state index contributed by atoms with van der Waals surface area (Å²) in [5.74, 6) is 0.134. The Morgan fingerprint density at radius 2 is 1.85 bits per heavy atom. The molecule has 0 aliphatic heterocycles. The van der Waals surface area contributed by atoms with Gasteiger partial charge in [0, 0.05) is 32.4 Å². The molecule has 2 N–H and O–H groups in total. The average molecular weight is 299 g/mol. The van der Waals surface area contributed by atoms with E-state index in [2.05, 4.69) is 14.9 Å². The van der Waals surface area contributed by atoms with Gasteiger partial charge in [0.05, 0.1) is 5.75 Å². The van der Waals surface area contributed by atoms with Crippen molar-refractivity contribution in [2.24, 2.45) is 0 Å². The Labute approximate surface area is 122 Å². The van der Waals surface area contributed by atoms with E-state index in [4.69, 9.17) is 0 Å². The van der Waals surface area contributed by atoms with E-state index in [1.807, 2.05) is 44.3 Å². The Morgan fingerprint density at radius 3 is 2.50 bits per heavy atom. The highest BCUT2D eigenvalue weighted by Gasteiger charge is 2.08. The molecule has 6 heteroatoms. The van der Waals surface area contributed by atoms with Crippen molar-refractivity contribution in [3.63, 3.8) is 0 Å². The van der Waals surface area contributed by atoms with Crippen molar-refractivity contribution in [3.05, 3.63) is 30.3 Å². The number of benzene rings is 1. The van der Waals surface area contributed by atoms with Gasteiger partial charge < -0.3 is 10.2 Å². The van der Waals surface area contributed by atoms with Crippen molar-refractivity contribution in [1.29, 1.82) is 0 Å². The summed E-state index contributed by atoms with van der Waals surface area (Å²) in [5, 5.41) is 3.01. The van der Waals surface area contributed by atoms with Crippen LogP contribution in [0.1, 0.15) is 13.3 Å². The predicted octanol–water partition coefficient (Wildman–Crippen LogP) is 1.04. The summed E-state index contributed by atoms with van der Waals surface area (Å²) >= 11 is 0. The number of anilines is 1. The maximum absolute atomic E-state index is 11.7. The van der Waals surface area contributed by atoms with Crippen LogP contribution in [0.15, 0.2) is 30.3 Å². The van der Waals surface area contributed by atoms with Crippen LogP contribution in [0.25, 0.3) is 0 Å². The smallest absolute Gasteiger partial charge is 0.212 e. The Bertz CT molecular complexity index is 463. The average Bonchev–Trinajstić information content (AvgIpc) is 2.44. The quantitative estimate of drug-likeness (QED) is 0.634. The van der Waals surface area contributed by atoms with Crippen LogP contribution in [0.2, 0.25) is 0 Å². The summed E-state index contributed by atoms with van der Waals surface area (Å²) in [4.78, 5) is 2.12. The molecule has 0 unspecified atom stereocenters. The molecule has 0 bridgehead atoms. The van der Waals surface area contributed by atoms with Crippen LogP contribution < -0.4 is 14.9 Å². The molecule has 1 aromatic carbocycles. The lowest BCUT2D eigenvalue weighted by molar-refractivity contribution is 0.575. The fraction of sp³-hybridized carbons (Fsp3) is 0.571. The number of rotatable bonds is 10. The lowest BCUT2D eigenvalue weighted by atomic mass is 10.3. The largest absolute Gasteiger partial charge is 0.375 e. The molecule has 0 aliphatic carbocycles. The van der Waals surface area contributed by atoms with Gasteiger partial charge in [-0.2, -0.15) is 0 Å². The summed E-state index contributed by atoms with van der Waals surface area (Å²) in [6.07, 6.45) is 0.784. The molecule has 0 aromatic heterocycles. The number of nitrogens with zero attached hydrogens (tertiary/aromatic N) is 1. The molecular formula is C14H25N3O2S. The second-order valence-electron chi connectivity index (χ2n) is 4.68. The van der Waals surface area contributed by atoms with Gasteiger partial charge in [-0.3, -0.25) is 0 Å². The van der Waals surface area contributed by atoms with Crippen LogP contribution in [-0.4, -0.2) is 47.4 Å². The standard InChI is InChI=1S/C14H25N3O2S/c1-3-15-11-13-20(18,19)16-10-7-12-17(2)14-8-5-4-6-9-14/h4-6,8-9,15-16H,3,7,10-13H2,1-2H3. The SMILES string of the molecule is CCNCCS(=O)(=O)NCCCN(C)c1ccccc1. The first-order chi connectivity index (χ1) is 9.55. The molecule has 0 amide bonds. The zero-order valence-electron chi connectivity index (χ0n) is 12.3. The van der Waals surface area contributed by atoms with E-state index in [1.165, 1.54) is 0 Å². The van der Waals surface area contributed by atoms with Gasteiger partial charge in [-0.15, -0.1) is 0 Å². The lowest BCUT2D eigenvalue weighted by Gasteiger charge is -2.19. The number of para-hydroxylation sites is 1. The highest BCUT2D eigenvalue weighted by Crippen LogP contribution is 2.10. The first kappa shape index (κ1) is 16.9. The molecule has 1 rings (SSSR count). The molecule has 5 nitrogen and oxygen atoms in total. The van der Waals surface area contributed by atoms with Gasteiger partial charge in [0.15, 0.2) is 0 Å². The summed E-state index contributed by atoms with van der Waals surface area (Å²) < 4.78 is 25.9. The van der Waals surface area contributed by atoms with Crippen molar-refractivity contribution >= 4 is 15.7 Å². The third kappa shape index (κ3) is 6.88. The number of hydrogen-bond donors (Lipinski definition) is 2. The summed E-state index contributed by atoms with van der Waals surface area (Å²) in [7, 11) is -1.14. The number of nitrogens with one attached hydrogen (secondary N) is 2. The van der Waals surface area contributed by atoms with Crippen LogP contribution in [0, 0.1) is 0 Å². The van der Waals surface area contributed by atoms with Crippen LogP contribution in [0.3, 0.4) is 0 Å². The molecule has 0 heterocycles. The monoisotopic (exact) mass is 299 g/mol. The van der Waals surface area contributed by atoms with E-state index in [-0.39, 0.29) is 5.75 Å². The van der Waals surface area contributed by atoms with Gasteiger partial charge in [0.2, 0.25) is 10.0 Å². The van der Waals surface area contributed by atoms with Crippen molar-refractivity contribution in [3.8, 4) is 0 Å². The number of sulfonamides is 1. The molecular weight excluding hydrogens is 274 g/mol. The van der Waals surface area contributed by atoms with Crippen LogP contribution in [-0.2, 0) is 10.0 Å². The van der Waals surface area contributed by atoms with Crippen LogP contribution in [0.5, 0.6) is 0 Å². The summed E-state index contributed by atoms with van der Waals surface area (Å²) in [6.45, 7) is 4.54. The molecule has 0 fully saturated rings. The fourth-order valence-corrected chi connectivity index (χ4v) is 2.82. The van der Waals surface area contributed by atoms with Gasteiger partial charge in [-0.1, -0.05) is 25.1 Å². The molecule has 0 spiro atoms. The normalized spacial score (nSPS) is 11.5. The van der Waals surface area contributed by atoms with E-state index in [9.17, 15) is 8.42 Å². The van der Waals surface area contributed by atoms with Crippen molar-refractivity contribution in [1.82, 2.24) is 10.0 Å². The fourth-order valence-electron chi connectivity index (χ4n) is 1.81. The van der Waals surface area contributed by atoms with Gasteiger partial charge in [0.1, 0.15) is 0 Å². The van der Waals surface area contributed by atoms with Crippen molar-refractivity contribution in [2.45, 2.75) is 13.3 Å². The molecule has 114 valence electrons. The highest BCUT2D eigenvalue weighted by molar-refractivity contribution is 7.89. The topological polar surface area (TPSA) is 61.4 Å². The van der Waals surface area contributed by atoms with Gasteiger partial charge in [-0.05, 0) is 25.1 Å². The first-order valence-electron chi connectivity index (χ1n) is 6.99. The molecule has 0 saturated heterocycles. The molecule has 20 heavy (non-hydrogen) atoms. The molecule has 0 radical (unpaired) electrons. The van der Waals surface area contributed by atoms with Gasteiger partial charge in [-0.25, -0.2) is 13.1 Å². The second kappa shape index (κ2) is 8.94. The minimum absolute atomic E-state index is 0.134. The van der Waals surface area contributed by atoms with Crippen molar-refractivity contribution in [2.75, 3.05) is 43.9 Å². The van der Waals surface area contributed by atoms with Gasteiger partial charge >= 0.3 is 0 Å². The minimum Gasteiger partial charge on any atom is -0.375 e. The zero-order valence-corrected chi connectivity index (χ0v) is 13.1. The third-order valence-electron chi connectivity index (χ3n) is 2.99. The van der Waals surface area contributed by atoms with Crippen LogP contribution >= 0.6 is 0 Å². The maximum atomic E-state index is 11.7. The Morgan fingerprint density at radius 1 is 1.15 bits per heavy atom. The lowest BCUT2D eigenvalue weighted by Crippen LogP contribution is -2.33. The Hall–Kier alpha value is -1.11. The second-order valence-corrected chi connectivity index (χ2v) is 6.60. The number of hydrogen-bond acceptors (Lipinski definition) is 4. The van der Waals surface area contributed by atoms with E-state index in [0.717, 1.165) is 25.2 Å². The van der Waals surface area contributed by atoms with E-state index in [0.29, 0.717) is 13.1 Å². The molecule has 0 saturated carbocycles. The molecule has 0 atom stereocenters. The minimum atomic E-state index is -3.15. The van der Waals surface area contributed by atoms with Crippen LogP contribution in [0.4, 0.5) is 5.69 Å². The van der Waals surface area contributed by atoms with Gasteiger partial charge in [0.25, 0.3) is 0 Å². The summed E-state index contributed by atoms with van der Waals surface area (Å²) in [6, 6.07) is 10.1. The third-order valence-corrected chi connectivity index (χ3v) is 4.37. The Balaban J connectivity index is 2.21. The van der Waals surface area contributed by atoms with E-state index < -0.39 is 10.0 Å². The molecule has 1 aromatic rings. The maximum Gasteiger partial charge on any atom is 0.212 e. The van der Waals surface area contributed by atoms with E-state index in [1.54, 1.807) is 0 Å². The Kier molecular flexibility index (Phi) is 7.58.